The van der Waals surface area contributed by atoms with E-state index in [-0.39, 0.29) is 5.92 Å². The SMILES string of the molecule is C=C(C)C(C)CCC(=O)C(C)C. The zero-order chi connectivity index (χ0) is 9.72. The lowest BCUT2D eigenvalue weighted by Gasteiger charge is -2.10. The third-order valence-electron chi connectivity index (χ3n) is 2.31. The number of allylic oxidation sites excluding steroid dienone is 1. The van der Waals surface area contributed by atoms with Gasteiger partial charge in [-0.05, 0) is 19.3 Å². The molecule has 1 unspecified atom stereocenters. The molecule has 1 atom stereocenters. The number of carbonyl (C=O) groups is 1. The average Bonchev–Trinajstić information content (AvgIpc) is 1.98. The first-order valence-electron chi connectivity index (χ1n) is 4.63. The highest BCUT2D eigenvalue weighted by Crippen LogP contribution is 2.15. The van der Waals surface area contributed by atoms with Crippen LogP contribution in [0.15, 0.2) is 12.2 Å². The molecule has 0 N–H and O–H groups in total. The van der Waals surface area contributed by atoms with Crippen LogP contribution in [0.1, 0.15) is 40.5 Å². The van der Waals surface area contributed by atoms with Gasteiger partial charge in [0.2, 0.25) is 0 Å². The van der Waals surface area contributed by atoms with Crippen LogP contribution in [0.4, 0.5) is 0 Å². The fourth-order valence-electron chi connectivity index (χ4n) is 0.894. The van der Waals surface area contributed by atoms with Crippen molar-refractivity contribution in [3.8, 4) is 0 Å². The predicted octanol–water partition coefficient (Wildman–Crippen LogP) is 3.20. The Hall–Kier alpha value is -0.590. The summed E-state index contributed by atoms with van der Waals surface area (Å²) in [5.41, 5.74) is 1.17. The summed E-state index contributed by atoms with van der Waals surface area (Å²) < 4.78 is 0. The molecule has 0 aliphatic rings. The van der Waals surface area contributed by atoms with Gasteiger partial charge in [0.05, 0.1) is 0 Å². The molecule has 1 heteroatoms. The third kappa shape index (κ3) is 4.32. The van der Waals surface area contributed by atoms with Crippen molar-refractivity contribution in [2.45, 2.75) is 40.5 Å². The summed E-state index contributed by atoms with van der Waals surface area (Å²) >= 11 is 0. The molecule has 70 valence electrons. The molecule has 0 bridgehead atoms. The number of hydrogen-bond acceptors (Lipinski definition) is 1. The highest BCUT2D eigenvalue weighted by Gasteiger charge is 2.09. The third-order valence-corrected chi connectivity index (χ3v) is 2.31. The van der Waals surface area contributed by atoms with E-state index in [2.05, 4.69) is 13.5 Å². The van der Waals surface area contributed by atoms with Crippen molar-refractivity contribution in [2.75, 3.05) is 0 Å². The maximum atomic E-state index is 11.2. The summed E-state index contributed by atoms with van der Waals surface area (Å²) in [7, 11) is 0. The molecule has 0 aromatic rings. The Kier molecular flexibility index (Phi) is 4.87. The molecule has 0 saturated heterocycles. The van der Waals surface area contributed by atoms with Crippen LogP contribution in [0.25, 0.3) is 0 Å². The summed E-state index contributed by atoms with van der Waals surface area (Å²) in [4.78, 5) is 11.2. The molecular formula is C11H20O. The molecule has 0 fully saturated rings. The van der Waals surface area contributed by atoms with Gasteiger partial charge in [-0.2, -0.15) is 0 Å². The second-order valence-corrected chi connectivity index (χ2v) is 3.91. The molecule has 0 rings (SSSR count). The van der Waals surface area contributed by atoms with E-state index in [0.717, 1.165) is 6.42 Å². The number of hydrogen-bond donors (Lipinski definition) is 0. The van der Waals surface area contributed by atoms with Gasteiger partial charge in [0.25, 0.3) is 0 Å². The van der Waals surface area contributed by atoms with E-state index in [1.807, 2.05) is 20.8 Å². The highest BCUT2D eigenvalue weighted by atomic mass is 16.1. The molecule has 0 aliphatic heterocycles. The lowest BCUT2D eigenvalue weighted by molar-refractivity contribution is -0.122. The van der Waals surface area contributed by atoms with Crippen LogP contribution in [0, 0.1) is 11.8 Å². The molecule has 12 heavy (non-hydrogen) atoms. The number of rotatable bonds is 5. The molecular weight excluding hydrogens is 148 g/mol. The van der Waals surface area contributed by atoms with Gasteiger partial charge >= 0.3 is 0 Å². The minimum absolute atomic E-state index is 0.183. The zero-order valence-corrected chi connectivity index (χ0v) is 8.68. The monoisotopic (exact) mass is 168 g/mol. The first-order chi connectivity index (χ1) is 5.45. The topological polar surface area (TPSA) is 17.1 Å². The maximum absolute atomic E-state index is 11.2. The molecule has 0 aliphatic carbocycles. The van der Waals surface area contributed by atoms with Crippen LogP contribution in [0.5, 0.6) is 0 Å². The van der Waals surface area contributed by atoms with Gasteiger partial charge in [-0.1, -0.05) is 32.9 Å². The second-order valence-electron chi connectivity index (χ2n) is 3.91. The van der Waals surface area contributed by atoms with Crippen molar-refractivity contribution in [3.63, 3.8) is 0 Å². The lowest BCUT2D eigenvalue weighted by Crippen LogP contribution is -2.08. The van der Waals surface area contributed by atoms with Crippen LogP contribution in [0.2, 0.25) is 0 Å². The van der Waals surface area contributed by atoms with Crippen LogP contribution >= 0.6 is 0 Å². The first-order valence-corrected chi connectivity index (χ1v) is 4.63. The van der Waals surface area contributed by atoms with E-state index in [4.69, 9.17) is 0 Å². The average molecular weight is 168 g/mol. The van der Waals surface area contributed by atoms with Crippen molar-refractivity contribution in [1.29, 1.82) is 0 Å². The van der Waals surface area contributed by atoms with E-state index < -0.39 is 0 Å². The van der Waals surface area contributed by atoms with Gasteiger partial charge in [-0.15, -0.1) is 0 Å². The summed E-state index contributed by atoms with van der Waals surface area (Å²) in [6.45, 7) is 11.9. The van der Waals surface area contributed by atoms with Crippen LogP contribution < -0.4 is 0 Å². The number of Topliss-reactive ketones (excluding diaryl/α,β-unsaturated/α-hetero) is 1. The van der Waals surface area contributed by atoms with E-state index in [1.54, 1.807) is 0 Å². The molecule has 0 radical (unpaired) electrons. The Labute approximate surface area is 75.9 Å². The first kappa shape index (κ1) is 11.4. The lowest BCUT2D eigenvalue weighted by atomic mass is 9.94. The Morgan fingerprint density at radius 2 is 1.83 bits per heavy atom. The molecule has 0 heterocycles. The fraction of sp³-hybridized carbons (Fsp3) is 0.727. The van der Waals surface area contributed by atoms with Gasteiger partial charge in [0.1, 0.15) is 5.78 Å². The summed E-state index contributed by atoms with van der Waals surface area (Å²) in [6.07, 6.45) is 1.65. The van der Waals surface area contributed by atoms with E-state index in [1.165, 1.54) is 5.57 Å². The number of carbonyl (C=O) groups excluding carboxylic acids is 1. The van der Waals surface area contributed by atoms with Gasteiger partial charge in [0.15, 0.2) is 0 Å². The molecule has 0 saturated carbocycles. The van der Waals surface area contributed by atoms with Crippen LogP contribution in [-0.4, -0.2) is 5.78 Å². The van der Waals surface area contributed by atoms with E-state index >= 15 is 0 Å². The Balaban J connectivity index is 3.69. The molecule has 0 amide bonds. The fourth-order valence-corrected chi connectivity index (χ4v) is 0.894. The van der Waals surface area contributed by atoms with Gasteiger partial charge in [-0.3, -0.25) is 4.79 Å². The second kappa shape index (κ2) is 5.13. The quantitative estimate of drug-likeness (QED) is 0.576. The molecule has 0 aromatic heterocycles. The number of ketones is 1. The van der Waals surface area contributed by atoms with Crippen molar-refractivity contribution >= 4 is 5.78 Å². The molecule has 0 aromatic carbocycles. The molecule has 1 nitrogen and oxygen atoms in total. The molecule has 0 spiro atoms. The van der Waals surface area contributed by atoms with Gasteiger partial charge in [0, 0.05) is 12.3 Å². The summed E-state index contributed by atoms with van der Waals surface area (Å²) in [6, 6.07) is 0. The van der Waals surface area contributed by atoms with Crippen molar-refractivity contribution < 1.29 is 4.79 Å². The van der Waals surface area contributed by atoms with Crippen molar-refractivity contribution in [2.24, 2.45) is 11.8 Å². The van der Waals surface area contributed by atoms with Gasteiger partial charge < -0.3 is 0 Å². The van der Waals surface area contributed by atoms with Crippen molar-refractivity contribution in [3.05, 3.63) is 12.2 Å². The van der Waals surface area contributed by atoms with Crippen LogP contribution in [0.3, 0.4) is 0 Å². The Morgan fingerprint density at radius 3 is 2.17 bits per heavy atom. The predicted molar refractivity (Wildman–Crippen MR) is 53.1 cm³/mol. The highest BCUT2D eigenvalue weighted by molar-refractivity contribution is 5.80. The Bertz CT molecular complexity index is 168. The van der Waals surface area contributed by atoms with Gasteiger partial charge in [-0.25, -0.2) is 0 Å². The standard InChI is InChI=1S/C11H20O/c1-8(2)10(5)6-7-11(12)9(3)4/h9-10H,1,6-7H2,2-5H3. The smallest absolute Gasteiger partial charge is 0.135 e. The largest absolute Gasteiger partial charge is 0.299 e. The normalized spacial score (nSPS) is 13.1. The summed E-state index contributed by atoms with van der Waals surface area (Å²) in [5, 5.41) is 0. The minimum atomic E-state index is 0.183. The summed E-state index contributed by atoms with van der Waals surface area (Å²) in [5.74, 6) is 1.03. The van der Waals surface area contributed by atoms with E-state index in [0.29, 0.717) is 18.1 Å². The zero-order valence-electron chi connectivity index (χ0n) is 8.68. The van der Waals surface area contributed by atoms with E-state index in [9.17, 15) is 4.79 Å². The maximum Gasteiger partial charge on any atom is 0.135 e. The van der Waals surface area contributed by atoms with Crippen LogP contribution in [-0.2, 0) is 4.79 Å². The minimum Gasteiger partial charge on any atom is -0.299 e. The van der Waals surface area contributed by atoms with Crippen molar-refractivity contribution in [1.82, 2.24) is 0 Å². The Morgan fingerprint density at radius 1 is 1.33 bits per heavy atom.